The molecule has 1 aromatic heterocycles. The van der Waals surface area contributed by atoms with E-state index in [1.807, 2.05) is 60.7 Å². The summed E-state index contributed by atoms with van der Waals surface area (Å²) in [5.41, 5.74) is 5.24. The molecule has 4 aromatic rings. The van der Waals surface area contributed by atoms with E-state index in [4.69, 9.17) is 9.72 Å². The van der Waals surface area contributed by atoms with Crippen molar-refractivity contribution in [3.63, 3.8) is 0 Å². The van der Waals surface area contributed by atoms with Crippen molar-refractivity contribution in [3.05, 3.63) is 106 Å². The van der Waals surface area contributed by atoms with E-state index in [9.17, 15) is 9.59 Å². The first kappa shape index (κ1) is 26.4. The number of nitrogens with one attached hydrogen (secondary N) is 1. The van der Waals surface area contributed by atoms with Gasteiger partial charge in [0.1, 0.15) is 5.75 Å². The van der Waals surface area contributed by atoms with Gasteiger partial charge >= 0.3 is 0 Å². The number of fused-ring (bicyclic) bond motifs is 4. The zero-order valence-electron chi connectivity index (χ0n) is 22.7. The Kier molecular flexibility index (Phi) is 7.48. The highest BCUT2D eigenvalue weighted by molar-refractivity contribution is 7.99. The van der Waals surface area contributed by atoms with Gasteiger partial charge in [-0.05, 0) is 42.5 Å². The number of carbonyl (C=O) groups excluding carboxylic acids is 1. The predicted octanol–water partition coefficient (Wildman–Crippen LogP) is 6.07. The van der Waals surface area contributed by atoms with Gasteiger partial charge in [0.05, 0.1) is 29.8 Å². The van der Waals surface area contributed by atoms with Crippen molar-refractivity contribution in [2.24, 2.45) is 0 Å². The lowest BCUT2D eigenvalue weighted by Gasteiger charge is -2.42. The fraction of sp³-hybridized carbons (Fsp3) is 0.303. The molecule has 1 amide bonds. The molecule has 6 rings (SSSR count). The fourth-order valence-corrected chi connectivity index (χ4v) is 7.12. The van der Waals surface area contributed by atoms with Gasteiger partial charge in [0.25, 0.3) is 5.56 Å². The number of ether oxygens (including phenoxy) is 1. The summed E-state index contributed by atoms with van der Waals surface area (Å²) in [6.07, 6.45) is 6.21. The van der Waals surface area contributed by atoms with Gasteiger partial charge < -0.3 is 10.1 Å². The van der Waals surface area contributed by atoms with Crippen LogP contribution in [0.5, 0.6) is 5.75 Å². The summed E-state index contributed by atoms with van der Waals surface area (Å²) in [4.78, 5) is 32.8. The van der Waals surface area contributed by atoms with Gasteiger partial charge in [0.2, 0.25) is 5.91 Å². The van der Waals surface area contributed by atoms with Gasteiger partial charge in [-0.25, -0.2) is 4.98 Å². The van der Waals surface area contributed by atoms with Crippen LogP contribution in [0.2, 0.25) is 0 Å². The Balaban J connectivity index is 1.45. The zero-order chi connectivity index (χ0) is 27.5. The Labute approximate surface area is 238 Å². The van der Waals surface area contributed by atoms with Gasteiger partial charge in [-0.1, -0.05) is 97.8 Å². The summed E-state index contributed by atoms with van der Waals surface area (Å²) in [6.45, 7) is 0.451. The highest BCUT2D eigenvalue weighted by Crippen LogP contribution is 2.49. The molecule has 0 unspecified atom stereocenters. The quantitative estimate of drug-likeness (QED) is 0.223. The average Bonchev–Trinajstić information content (AvgIpc) is 3.00. The molecule has 204 valence electrons. The van der Waals surface area contributed by atoms with E-state index in [1.54, 1.807) is 11.7 Å². The Bertz CT molecular complexity index is 1590. The molecule has 1 heterocycles. The normalized spacial score (nSPS) is 15.2. The third-order valence-electron chi connectivity index (χ3n) is 8.19. The first-order chi connectivity index (χ1) is 19.6. The van der Waals surface area contributed by atoms with Gasteiger partial charge in [-0.15, -0.1) is 0 Å². The maximum Gasteiger partial charge on any atom is 0.263 e. The molecule has 0 bridgehead atoms. The van der Waals surface area contributed by atoms with Crippen molar-refractivity contribution in [1.29, 1.82) is 0 Å². The van der Waals surface area contributed by atoms with Crippen LogP contribution < -0.4 is 15.6 Å². The average molecular weight is 552 g/mol. The van der Waals surface area contributed by atoms with Gasteiger partial charge in [-0.2, -0.15) is 0 Å². The first-order valence-corrected chi connectivity index (χ1v) is 14.9. The number of rotatable bonds is 7. The van der Waals surface area contributed by atoms with E-state index in [0.29, 0.717) is 23.1 Å². The second-order valence-electron chi connectivity index (χ2n) is 10.7. The lowest BCUT2D eigenvalue weighted by molar-refractivity contribution is -0.118. The first-order valence-electron chi connectivity index (χ1n) is 13.9. The van der Waals surface area contributed by atoms with E-state index in [2.05, 4.69) is 23.5 Å². The number of amides is 1. The highest BCUT2D eigenvalue weighted by Gasteiger charge is 2.43. The van der Waals surface area contributed by atoms with Crippen LogP contribution in [0.15, 0.2) is 88.8 Å². The van der Waals surface area contributed by atoms with Crippen LogP contribution in [-0.2, 0) is 23.2 Å². The minimum absolute atomic E-state index is 0.0573. The molecule has 40 heavy (non-hydrogen) atoms. The number of hydrogen-bond donors (Lipinski definition) is 1. The van der Waals surface area contributed by atoms with Gasteiger partial charge in [-0.3, -0.25) is 14.2 Å². The molecule has 2 aliphatic carbocycles. The molecule has 0 saturated heterocycles. The van der Waals surface area contributed by atoms with E-state index < -0.39 is 0 Å². The predicted molar refractivity (Wildman–Crippen MR) is 159 cm³/mol. The summed E-state index contributed by atoms with van der Waals surface area (Å²) in [7, 11) is 1.61. The smallest absolute Gasteiger partial charge is 0.263 e. The van der Waals surface area contributed by atoms with E-state index >= 15 is 0 Å². The van der Waals surface area contributed by atoms with Crippen LogP contribution in [0, 0.1) is 0 Å². The monoisotopic (exact) mass is 551 g/mol. The maximum atomic E-state index is 14.7. The number of aromatic nitrogens is 2. The van der Waals surface area contributed by atoms with Crippen molar-refractivity contribution >= 4 is 17.7 Å². The molecule has 1 spiro atoms. The second kappa shape index (κ2) is 11.3. The van der Waals surface area contributed by atoms with Crippen molar-refractivity contribution < 1.29 is 9.53 Å². The van der Waals surface area contributed by atoms with E-state index in [0.717, 1.165) is 54.5 Å². The van der Waals surface area contributed by atoms with E-state index in [1.165, 1.54) is 23.7 Å². The second-order valence-corrected chi connectivity index (χ2v) is 11.6. The van der Waals surface area contributed by atoms with Gasteiger partial charge in [0, 0.05) is 17.5 Å². The number of methoxy groups -OCH3 is 1. The van der Waals surface area contributed by atoms with Crippen molar-refractivity contribution in [2.75, 3.05) is 12.9 Å². The lowest BCUT2D eigenvalue weighted by Crippen LogP contribution is -2.43. The fourth-order valence-electron chi connectivity index (χ4n) is 6.29. The molecular formula is C33H33N3O3S. The summed E-state index contributed by atoms with van der Waals surface area (Å²) >= 11 is 1.29. The lowest BCUT2D eigenvalue weighted by atomic mass is 9.62. The zero-order valence-corrected chi connectivity index (χ0v) is 23.5. The van der Waals surface area contributed by atoms with Crippen LogP contribution in [0.25, 0.3) is 16.9 Å². The van der Waals surface area contributed by atoms with E-state index in [-0.39, 0.29) is 22.6 Å². The number of benzene rings is 3. The maximum absolute atomic E-state index is 14.7. The summed E-state index contributed by atoms with van der Waals surface area (Å²) in [5, 5.41) is 3.48. The Morgan fingerprint density at radius 1 is 0.975 bits per heavy atom. The number of nitrogens with zero attached hydrogens (tertiary/aromatic N) is 2. The molecule has 0 atom stereocenters. The molecule has 6 nitrogen and oxygen atoms in total. The molecule has 0 radical (unpaired) electrons. The molecule has 7 heteroatoms. The topological polar surface area (TPSA) is 73.2 Å². The standard InChI is InChI=1S/C33H33N3O3S/c1-39-27-17-9-8-16-26(27)36-31(38)29-30(25-15-7-6-14-24(25)20-33(29)18-10-3-11-19-33)35-32(36)40-22-28(37)34-21-23-12-4-2-5-13-23/h2,4-9,12-17H,3,10-11,18-22H2,1H3,(H,34,37). The SMILES string of the molecule is COc1ccccc1-n1c(SCC(=O)NCc2ccccc2)nc2c(c1=O)C1(CCCCC1)Cc1ccccc1-2. The summed E-state index contributed by atoms with van der Waals surface area (Å²) in [5.74, 6) is 0.618. The Morgan fingerprint density at radius 3 is 2.50 bits per heavy atom. The molecule has 0 aliphatic heterocycles. The van der Waals surface area contributed by atoms with Crippen molar-refractivity contribution in [1.82, 2.24) is 14.9 Å². The largest absolute Gasteiger partial charge is 0.495 e. The molecule has 3 aromatic carbocycles. The molecule has 2 aliphatic rings. The number of para-hydroxylation sites is 2. The number of hydrogen-bond acceptors (Lipinski definition) is 5. The molecular weight excluding hydrogens is 518 g/mol. The number of carbonyl (C=O) groups is 1. The van der Waals surface area contributed by atoms with Crippen molar-refractivity contribution in [3.8, 4) is 22.7 Å². The third-order valence-corrected chi connectivity index (χ3v) is 9.12. The third kappa shape index (κ3) is 4.94. The van der Waals surface area contributed by atoms with Gasteiger partial charge in [0.15, 0.2) is 5.16 Å². The van der Waals surface area contributed by atoms with Crippen molar-refractivity contribution in [2.45, 2.75) is 55.6 Å². The molecule has 1 fully saturated rings. The summed E-state index contributed by atoms with van der Waals surface area (Å²) < 4.78 is 7.36. The Hall–Kier alpha value is -3.84. The minimum Gasteiger partial charge on any atom is -0.495 e. The molecule has 1 N–H and O–H groups in total. The van der Waals surface area contributed by atoms with Crippen LogP contribution in [0.1, 0.15) is 48.8 Å². The van der Waals surface area contributed by atoms with Crippen LogP contribution in [0.3, 0.4) is 0 Å². The minimum atomic E-state index is -0.230. The highest BCUT2D eigenvalue weighted by atomic mass is 32.2. The van der Waals surface area contributed by atoms with Crippen LogP contribution >= 0.6 is 11.8 Å². The van der Waals surface area contributed by atoms with Crippen LogP contribution in [-0.4, -0.2) is 28.3 Å². The molecule has 1 saturated carbocycles. The Morgan fingerprint density at radius 2 is 1.70 bits per heavy atom. The number of thioether (sulfide) groups is 1. The van der Waals surface area contributed by atoms with Crippen LogP contribution in [0.4, 0.5) is 0 Å². The summed E-state index contributed by atoms with van der Waals surface area (Å²) in [6, 6.07) is 25.7.